The highest BCUT2D eigenvalue weighted by molar-refractivity contribution is 6.99. The van der Waals surface area contributed by atoms with Gasteiger partial charge in [0.25, 0.3) is 0 Å². The first-order valence-electron chi connectivity index (χ1n) is 9.70. The molecular weight excluding hydrogens is 459 g/mol. The van der Waals surface area contributed by atoms with Gasteiger partial charge in [0.2, 0.25) is 0 Å². The molecule has 5 rings (SSSR count). The molecule has 2 aromatic heterocycles. The third kappa shape index (κ3) is 5.48. The Labute approximate surface area is 197 Å². The lowest BCUT2D eigenvalue weighted by Gasteiger charge is -2.37. The molecule has 0 spiro atoms. The van der Waals surface area contributed by atoms with Crippen LogP contribution in [0.2, 0.25) is 0 Å². The lowest BCUT2D eigenvalue weighted by Crippen LogP contribution is -2.50. The van der Waals surface area contributed by atoms with Gasteiger partial charge in [0.05, 0.1) is 11.7 Å². The van der Waals surface area contributed by atoms with E-state index in [2.05, 4.69) is 28.8 Å². The molecule has 4 heterocycles. The van der Waals surface area contributed by atoms with Crippen molar-refractivity contribution in [1.82, 2.24) is 18.6 Å². The smallest absolute Gasteiger partial charge is 0.188 e. The number of fused-ring (bicyclic) bond motifs is 1. The van der Waals surface area contributed by atoms with Gasteiger partial charge in [0.1, 0.15) is 12.7 Å². The molecule has 1 saturated heterocycles. The van der Waals surface area contributed by atoms with E-state index in [1.54, 1.807) is 12.4 Å². The number of ether oxygens (including phenoxy) is 2. The second kappa shape index (κ2) is 10.8. The van der Waals surface area contributed by atoms with Gasteiger partial charge in [-0.2, -0.15) is 8.75 Å². The maximum Gasteiger partial charge on any atom is 0.188 e. The number of benzene rings is 1. The van der Waals surface area contributed by atoms with Crippen molar-refractivity contribution in [2.75, 3.05) is 49.5 Å². The lowest BCUT2D eigenvalue weighted by atomic mass is 10.2. The van der Waals surface area contributed by atoms with Crippen molar-refractivity contribution >= 4 is 53.9 Å². The molecule has 1 atom stereocenters. The lowest BCUT2D eigenvalue weighted by molar-refractivity contribution is 0.0571. The van der Waals surface area contributed by atoms with Gasteiger partial charge in [-0.05, 0) is 24.3 Å². The zero-order valence-corrected chi connectivity index (χ0v) is 19.2. The molecule has 8 nitrogen and oxygen atoms in total. The summed E-state index contributed by atoms with van der Waals surface area (Å²) in [5, 5.41) is 3.34. The second-order valence-corrected chi connectivity index (χ2v) is 7.61. The topological polar surface area (TPSA) is 75.6 Å². The van der Waals surface area contributed by atoms with Gasteiger partial charge in [-0.15, -0.1) is 24.8 Å². The summed E-state index contributed by atoms with van der Waals surface area (Å²) in [5.74, 6) is 3.38. The van der Waals surface area contributed by atoms with Gasteiger partial charge < -0.3 is 19.7 Å². The minimum absolute atomic E-state index is 0. The first kappa shape index (κ1) is 23.3. The zero-order valence-electron chi connectivity index (χ0n) is 16.7. The van der Waals surface area contributed by atoms with Gasteiger partial charge >= 0.3 is 0 Å². The average molecular weight is 483 g/mol. The van der Waals surface area contributed by atoms with Crippen molar-refractivity contribution in [3.05, 3.63) is 48.8 Å². The Morgan fingerprint density at radius 1 is 0.968 bits per heavy atom. The van der Waals surface area contributed by atoms with Crippen LogP contribution in [0.25, 0.3) is 0 Å². The van der Waals surface area contributed by atoms with E-state index in [1.807, 2.05) is 36.4 Å². The van der Waals surface area contributed by atoms with Crippen molar-refractivity contribution in [2.45, 2.75) is 6.10 Å². The number of piperazine rings is 1. The zero-order chi connectivity index (χ0) is 19.5. The Morgan fingerprint density at radius 2 is 1.71 bits per heavy atom. The summed E-state index contributed by atoms with van der Waals surface area (Å²) < 4.78 is 20.9. The van der Waals surface area contributed by atoms with Crippen LogP contribution in [0.4, 0.5) is 17.3 Å². The number of nitrogens with one attached hydrogen (secondary N) is 1. The average Bonchev–Trinajstić information content (AvgIpc) is 3.23. The Balaban J connectivity index is 0.00000136. The molecule has 0 bridgehead atoms. The van der Waals surface area contributed by atoms with E-state index >= 15 is 0 Å². The number of rotatable bonds is 5. The Bertz CT molecular complexity index is 956. The summed E-state index contributed by atoms with van der Waals surface area (Å²) in [5.41, 5.74) is 0.960. The molecular formula is C20H24Cl2N6O2S. The molecule has 0 saturated carbocycles. The van der Waals surface area contributed by atoms with Crippen LogP contribution < -0.4 is 19.7 Å². The SMILES string of the molecule is Cl.Cl.c1ccc2c(c1)OCC(CN1CCN(c3nsnc3Nc3ccncc3)CC1)O2. The fourth-order valence-corrected chi connectivity index (χ4v) is 4.15. The molecule has 0 aliphatic carbocycles. The summed E-state index contributed by atoms with van der Waals surface area (Å²) in [6.45, 7) is 5.16. The summed E-state index contributed by atoms with van der Waals surface area (Å²) >= 11 is 1.23. The molecule has 0 amide bonds. The normalized spacial score (nSPS) is 17.9. The van der Waals surface area contributed by atoms with Crippen LogP contribution in [-0.2, 0) is 0 Å². The number of aromatic nitrogens is 3. The first-order valence-corrected chi connectivity index (χ1v) is 10.4. The molecule has 2 aliphatic rings. The molecule has 0 radical (unpaired) electrons. The van der Waals surface area contributed by atoms with Crippen LogP contribution >= 0.6 is 36.5 Å². The van der Waals surface area contributed by atoms with Crippen molar-refractivity contribution in [1.29, 1.82) is 0 Å². The van der Waals surface area contributed by atoms with Gasteiger partial charge in [-0.3, -0.25) is 9.88 Å². The quantitative estimate of drug-likeness (QED) is 0.592. The summed E-state index contributed by atoms with van der Waals surface area (Å²) in [6.07, 6.45) is 3.58. The van der Waals surface area contributed by atoms with Crippen LogP contribution in [0.1, 0.15) is 0 Å². The van der Waals surface area contributed by atoms with Crippen molar-refractivity contribution in [2.24, 2.45) is 0 Å². The third-order valence-electron chi connectivity index (χ3n) is 5.12. The Morgan fingerprint density at radius 3 is 2.48 bits per heavy atom. The molecule has 3 aromatic rings. The molecule has 1 unspecified atom stereocenters. The van der Waals surface area contributed by atoms with E-state index in [-0.39, 0.29) is 30.9 Å². The monoisotopic (exact) mass is 482 g/mol. The van der Waals surface area contributed by atoms with Gasteiger partial charge in [0, 0.05) is 50.8 Å². The van der Waals surface area contributed by atoms with Crippen LogP contribution in [0.5, 0.6) is 11.5 Å². The Hall–Kier alpha value is -2.33. The van der Waals surface area contributed by atoms with E-state index in [0.29, 0.717) is 6.61 Å². The highest BCUT2D eigenvalue weighted by Crippen LogP contribution is 2.31. The largest absolute Gasteiger partial charge is 0.486 e. The van der Waals surface area contributed by atoms with Crippen molar-refractivity contribution < 1.29 is 9.47 Å². The maximum absolute atomic E-state index is 6.10. The van der Waals surface area contributed by atoms with Crippen LogP contribution in [0.3, 0.4) is 0 Å². The fourth-order valence-electron chi connectivity index (χ4n) is 3.63. The minimum Gasteiger partial charge on any atom is -0.486 e. The molecule has 1 N–H and O–H groups in total. The number of pyridine rings is 1. The standard InChI is InChI=1S/C20H22N6O2S.2ClH/c1-2-4-18-17(3-1)27-14-16(28-18)13-25-9-11-26(12-10-25)20-19(23-29-24-20)22-15-5-7-21-8-6-15;;/h1-8,16H,9-14H2,(H,21,22,23);2*1H. The molecule has 11 heteroatoms. The highest BCUT2D eigenvalue weighted by atomic mass is 35.5. The number of hydrogen-bond acceptors (Lipinski definition) is 9. The Kier molecular flexibility index (Phi) is 8.14. The van der Waals surface area contributed by atoms with Gasteiger partial charge in [0.15, 0.2) is 23.1 Å². The molecule has 2 aliphatic heterocycles. The number of hydrogen-bond donors (Lipinski definition) is 1. The number of anilines is 3. The number of nitrogens with zero attached hydrogens (tertiary/aromatic N) is 5. The van der Waals surface area contributed by atoms with E-state index < -0.39 is 0 Å². The summed E-state index contributed by atoms with van der Waals surface area (Å²) in [7, 11) is 0. The minimum atomic E-state index is 0. The number of para-hydroxylation sites is 2. The number of halogens is 2. The third-order valence-corrected chi connectivity index (χ3v) is 5.63. The van der Waals surface area contributed by atoms with Crippen LogP contribution in [0, 0.1) is 0 Å². The van der Waals surface area contributed by atoms with Crippen LogP contribution in [-0.4, -0.2) is 64.1 Å². The van der Waals surface area contributed by atoms with Gasteiger partial charge in [-0.1, -0.05) is 12.1 Å². The van der Waals surface area contributed by atoms with E-state index in [0.717, 1.165) is 61.5 Å². The maximum atomic E-state index is 6.10. The summed E-state index contributed by atoms with van der Waals surface area (Å²) in [6, 6.07) is 11.7. The van der Waals surface area contributed by atoms with E-state index in [9.17, 15) is 0 Å². The predicted molar refractivity (Wildman–Crippen MR) is 127 cm³/mol. The molecule has 31 heavy (non-hydrogen) atoms. The van der Waals surface area contributed by atoms with Crippen LogP contribution in [0.15, 0.2) is 48.8 Å². The molecule has 1 fully saturated rings. The van der Waals surface area contributed by atoms with Crippen molar-refractivity contribution in [3.63, 3.8) is 0 Å². The van der Waals surface area contributed by atoms with E-state index in [1.165, 1.54) is 11.7 Å². The summed E-state index contributed by atoms with van der Waals surface area (Å²) in [4.78, 5) is 8.76. The second-order valence-electron chi connectivity index (χ2n) is 7.08. The molecule has 166 valence electrons. The first-order chi connectivity index (χ1) is 14.3. The van der Waals surface area contributed by atoms with Gasteiger partial charge in [-0.25, -0.2) is 0 Å². The highest BCUT2D eigenvalue weighted by Gasteiger charge is 2.27. The van der Waals surface area contributed by atoms with Crippen molar-refractivity contribution in [3.8, 4) is 11.5 Å². The predicted octanol–water partition coefficient (Wildman–Crippen LogP) is 3.48. The fraction of sp³-hybridized carbons (Fsp3) is 0.350. The molecule has 1 aromatic carbocycles. The van der Waals surface area contributed by atoms with E-state index in [4.69, 9.17) is 9.47 Å².